The van der Waals surface area contributed by atoms with Crippen LogP contribution in [0.5, 0.6) is 0 Å². The van der Waals surface area contributed by atoms with Crippen molar-refractivity contribution >= 4 is 0 Å². The topological polar surface area (TPSA) is 20.2 Å². The predicted octanol–water partition coefficient (Wildman–Crippen LogP) is 2.14. The molecule has 1 unspecified atom stereocenters. The van der Waals surface area contributed by atoms with E-state index in [1.807, 2.05) is 13.0 Å². The first-order valence-electron chi connectivity index (χ1n) is 3.59. The summed E-state index contributed by atoms with van der Waals surface area (Å²) < 4.78 is 0. The molecule has 0 spiro atoms. The zero-order valence-corrected chi connectivity index (χ0v) is 6.64. The van der Waals surface area contributed by atoms with Crippen molar-refractivity contribution in [3.63, 3.8) is 0 Å². The predicted molar refractivity (Wildman–Crippen MR) is 44.8 cm³/mol. The first-order chi connectivity index (χ1) is 4.72. The van der Waals surface area contributed by atoms with E-state index in [1.165, 1.54) is 0 Å². The van der Waals surface area contributed by atoms with Crippen molar-refractivity contribution in [1.82, 2.24) is 0 Å². The van der Waals surface area contributed by atoms with Gasteiger partial charge in [0, 0.05) is 12.5 Å². The van der Waals surface area contributed by atoms with Gasteiger partial charge in [-0.05, 0) is 19.8 Å². The molecule has 0 fully saturated rings. The monoisotopic (exact) mass is 140 g/mol. The number of hydrogen-bond donors (Lipinski definition) is 1. The molecule has 0 aromatic carbocycles. The zero-order chi connectivity index (χ0) is 7.98. The smallest absolute Gasteiger partial charge is 0.0496 e. The van der Waals surface area contributed by atoms with Crippen LogP contribution in [-0.2, 0) is 0 Å². The third-order valence-corrected chi connectivity index (χ3v) is 1.64. The lowest BCUT2D eigenvalue weighted by molar-refractivity contribution is 0.240. The molecule has 0 aromatic heterocycles. The Morgan fingerprint density at radius 2 is 2.30 bits per heavy atom. The van der Waals surface area contributed by atoms with E-state index in [9.17, 15) is 0 Å². The van der Waals surface area contributed by atoms with Gasteiger partial charge < -0.3 is 5.11 Å². The van der Waals surface area contributed by atoms with E-state index in [1.54, 1.807) is 0 Å². The summed E-state index contributed by atoms with van der Waals surface area (Å²) in [6.45, 7) is 9.56. The number of allylic oxidation sites excluding steroid dienone is 1. The molecule has 1 nitrogen and oxygen atoms in total. The largest absolute Gasteiger partial charge is 0.396 e. The van der Waals surface area contributed by atoms with Gasteiger partial charge in [-0.15, -0.1) is 6.58 Å². The molecule has 0 aliphatic heterocycles. The standard InChI is InChI=1S/C9H16O/c1-4-5-6-9(7-10)8(2)3/h4,9-10H,1-2,5-7H2,3H3. The third-order valence-electron chi connectivity index (χ3n) is 1.64. The first-order valence-corrected chi connectivity index (χ1v) is 3.59. The van der Waals surface area contributed by atoms with E-state index in [4.69, 9.17) is 5.11 Å². The van der Waals surface area contributed by atoms with Crippen molar-refractivity contribution in [3.8, 4) is 0 Å². The lowest BCUT2D eigenvalue weighted by Gasteiger charge is -2.11. The third kappa shape index (κ3) is 3.46. The first kappa shape index (κ1) is 9.44. The number of rotatable bonds is 5. The molecule has 0 rings (SSSR count). The summed E-state index contributed by atoms with van der Waals surface area (Å²) in [7, 11) is 0. The zero-order valence-electron chi connectivity index (χ0n) is 6.64. The lowest BCUT2D eigenvalue weighted by Crippen LogP contribution is -2.05. The van der Waals surface area contributed by atoms with E-state index in [-0.39, 0.29) is 12.5 Å². The Morgan fingerprint density at radius 3 is 2.60 bits per heavy atom. The minimum Gasteiger partial charge on any atom is -0.396 e. The van der Waals surface area contributed by atoms with Crippen LogP contribution in [0.15, 0.2) is 24.8 Å². The van der Waals surface area contributed by atoms with Gasteiger partial charge in [-0.2, -0.15) is 0 Å². The highest BCUT2D eigenvalue weighted by Crippen LogP contribution is 2.13. The minimum absolute atomic E-state index is 0.211. The van der Waals surface area contributed by atoms with Gasteiger partial charge in [-0.25, -0.2) is 0 Å². The molecule has 58 valence electrons. The Kier molecular flexibility index (Phi) is 4.95. The average molecular weight is 140 g/mol. The van der Waals surface area contributed by atoms with E-state index in [0.717, 1.165) is 18.4 Å². The van der Waals surface area contributed by atoms with Gasteiger partial charge in [0.15, 0.2) is 0 Å². The normalized spacial score (nSPS) is 12.6. The Bertz CT molecular complexity index is 116. The maximum absolute atomic E-state index is 8.83. The highest BCUT2D eigenvalue weighted by atomic mass is 16.3. The summed E-state index contributed by atoms with van der Waals surface area (Å²) in [5.41, 5.74) is 1.06. The van der Waals surface area contributed by atoms with Gasteiger partial charge in [0.1, 0.15) is 0 Å². The van der Waals surface area contributed by atoms with Gasteiger partial charge >= 0.3 is 0 Å². The van der Waals surface area contributed by atoms with Crippen molar-refractivity contribution in [1.29, 1.82) is 0 Å². The van der Waals surface area contributed by atoms with Gasteiger partial charge in [0.2, 0.25) is 0 Å². The molecule has 1 heteroatoms. The Labute approximate surface area is 63.1 Å². The van der Waals surface area contributed by atoms with Gasteiger partial charge in [0.25, 0.3) is 0 Å². The summed E-state index contributed by atoms with van der Waals surface area (Å²) in [6, 6.07) is 0. The van der Waals surface area contributed by atoms with Crippen molar-refractivity contribution < 1.29 is 5.11 Å². The molecule has 0 saturated heterocycles. The molecule has 0 aliphatic rings. The van der Waals surface area contributed by atoms with E-state index >= 15 is 0 Å². The minimum atomic E-state index is 0.211. The van der Waals surface area contributed by atoms with Crippen LogP contribution < -0.4 is 0 Å². The average Bonchev–Trinajstić information content (AvgIpc) is 1.89. The number of aliphatic hydroxyl groups excluding tert-OH is 1. The molecule has 1 atom stereocenters. The van der Waals surface area contributed by atoms with E-state index in [2.05, 4.69) is 13.2 Å². The highest BCUT2D eigenvalue weighted by molar-refractivity contribution is 4.96. The van der Waals surface area contributed by atoms with Gasteiger partial charge in [-0.3, -0.25) is 0 Å². The molecule has 0 radical (unpaired) electrons. The molecule has 0 amide bonds. The maximum atomic E-state index is 8.83. The van der Waals surface area contributed by atoms with Crippen LogP contribution in [0, 0.1) is 5.92 Å². The molecule has 10 heavy (non-hydrogen) atoms. The summed E-state index contributed by atoms with van der Waals surface area (Å²) >= 11 is 0. The quantitative estimate of drug-likeness (QED) is 0.580. The van der Waals surface area contributed by atoms with Crippen LogP contribution in [0.4, 0.5) is 0 Å². The summed E-state index contributed by atoms with van der Waals surface area (Å²) in [5, 5.41) is 8.83. The Morgan fingerprint density at radius 1 is 1.70 bits per heavy atom. The van der Waals surface area contributed by atoms with Crippen LogP contribution >= 0.6 is 0 Å². The molecular weight excluding hydrogens is 124 g/mol. The summed E-state index contributed by atoms with van der Waals surface area (Å²) in [6.07, 6.45) is 3.79. The second-order valence-electron chi connectivity index (χ2n) is 2.59. The van der Waals surface area contributed by atoms with Crippen LogP contribution in [0.1, 0.15) is 19.8 Å². The van der Waals surface area contributed by atoms with Crippen LogP contribution in [0.2, 0.25) is 0 Å². The SMILES string of the molecule is C=CCCC(CO)C(=C)C. The van der Waals surface area contributed by atoms with E-state index in [0.29, 0.717) is 0 Å². The molecule has 1 N–H and O–H groups in total. The highest BCUT2D eigenvalue weighted by Gasteiger charge is 2.05. The van der Waals surface area contributed by atoms with Crippen LogP contribution in [-0.4, -0.2) is 11.7 Å². The number of hydrogen-bond acceptors (Lipinski definition) is 1. The molecule has 0 aromatic rings. The second-order valence-corrected chi connectivity index (χ2v) is 2.59. The van der Waals surface area contributed by atoms with Crippen molar-refractivity contribution in [2.75, 3.05) is 6.61 Å². The van der Waals surface area contributed by atoms with Crippen molar-refractivity contribution in [2.45, 2.75) is 19.8 Å². The fourth-order valence-electron chi connectivity index (χ4n) is 0.813. The maximum Gasteiger partial charge on any atom is 0.0496 e. The molecule has 0 aliphatic carbocycles. The van der Waals surface area contributed by atoms with Crippen LogP contribution in [0.25, 0.3) is 0 Å². The van der Waals surface area contributed by atoms with Crippen molar-refractivity contribution in [2.24, 2.45) is 5.92 Å². The number of aliphatic hydroxyl groups is 1. The Balaban J connectivity index is 3.60. The summed E-state index contributed by atoms with van der Waals surface area (Å²) in [5.74, 6) is 0.262. The molecule has 0 bridgehead atoms. The van der Waals surface area contributed by atoms with Crippen LogP contribution in [0.3, 0.4) is 0 Å². The molecule has 0 heterocycles. The summed E-state index contributed by atoms with van der Waals surface area (Å²) in [4.78, 5) is 0. The fourth-order valence-corrected chi connectivity index (χ4v) is 0.813. The lowest BCUT2D eigenvalue weighted by atomic mass is 9.97. The molecule has 0 saturated carbocycles. The second kappa shape index (κ2) is 5.24. The molecular formula is C9H16O. The Hall–Kier alpha value is -0.560. The van der Waals surface area contributed by atoms with E-state index < -0.39 is 0 Å². The van der Waals surface area contributed by atoms with Gasteiger partial charge in [-0.1, -0.05) is 18.2 Å². The van der Waals surface area contributed by atoms with Gasteiger partial charge in [0.05, 0.1) is 0 Å². The van der Waals surface area contributed by atoms with Crippen molar-refractivity contribution in [3.05, 3.63) is 24.8 Å². The fraction of sp³-hybridized carbons (Fsp3) is 0.556.